The lowest BCUT2D eigenvalue weighted by atomic mass is 10.2. The highest BCUT2D eigenvalue weighted by molar-refractivity contribution is 9.10. The maximum absolute atomic E-state index is 5.34. The van der Waals surface area contributed by atoms with E-state index in [2.05, 4.69) is 38.1 Å². The van der Waals surface area contributed by atoms with Crippen LogP contribution in [0.4, 0.5) is 0 Å². The van der Waals surface area contributed by atoms with E-state index in [9.17, 15) is 0 Å². The Balaban J connectivity index is 1.96. The Labute approximate surface area is 103 Å². The van der Waals surface area contributed by atoms with Gasteiger partial charge in [0.25, 0.3) is 0 Å². The van der Waals surface area contributed by atoms with Crippen LogP contribution < -0.4 is 5.32 Å². The number of aromatic nitrogens is 2. The van der Waals surface area contributed by atoms with E-state index < -0.39 is 0 Å². The van der Waals surface area contributed by atoms with Crippen LogP contribution in [0.5, 0.6) is 0 Å². The molecule has 0 spiro atoms. The van der Waals surface area contributed by atoms with Crippen molar-refractivity contribution in [2.75, 3.05) is 0 Å². The zero-order valence-electron chi connectivity index (χ0n) is 9.03. The number of H-pyrrole nitrogens is 1. The van der Waals surface area contributed by atoms with Crippen LogP contribution in [0.3, 0.4) is 0 Å². The van der Waals surface area contributed by atoms with E-state index in [1.807, 2.05) is 12.3 Å². The molecule has 2 aromatic heterocycles. The zero-order chi connectivity index (χ0) is 11.4. The number of aromatic amines is 1. The molecule has 0 aliphatic heterocycles. The van der Waals surface area contributed by atoms with Gasteiger partial charge in [-0.05, 0) is 28.4 Å². The lowest BCUT2D eigenvalue weighted by molar-refractivity contribution is 0.433. The summed E-state index contributed by atoms with van der Waals surface area (Å²) in [5, 5.41) is 3.40. The summed E-state index contributed by atoms with van der Waals surface area (Å²) >= 11 is 3.43. The van der Waals surface area contributed by atoms with Gasteiger partial charge in [-0.25, -0.2) is 4.98 Å². The topological polar surface area (TPSA) is 53.9 Å². The second-order valence-electron chi connectivity index (χ2n) is 3.51. The Hall–Kier alpha value is -1.07. The Morgan fingerprint density at radius 3 is 3.06 bits per heavy atom. The largest absolute Gasteiger partial charge is 0.467 e. The summed E-state index contributed by atoms with van der Waals surface area (Å²) in [4.78, 5) is 7.37. The van der Waals surface area contributed by atoms with Crippen LogP contribution in [-0.4, -0.2) is 9.97 Å². The minimum Gasteiger partial charge on any atom is -0.467 e. The third-order valence-electron chi connectivity index (χ3n) is 2.46. The Morgan fingerprint density at radius 2 is 2.50 bits per heavy atom. The quantitative estimate of drug-likeness (QED) is 0.887. The van der Waals surface area contributed by atoms with Gasteiger partial charge >= 0.3 is 0 Å². The van der Waals surface area contributed by atoms with E-state index in [1.54, 1.807) is 12.5 Å². The van der Waals surface area contributed by atoms with E-state index in [-0.39, 0.29) is 6.04 Å². The van der Waals surface area contributed by atoms with Gasteiger partial charge in [-0.15, -0.1) is 0 Å². The molecular formula is C11H14BrN3O. The number of imidazole rings is 1. The van der Waals surface area contributed by atoms with Gasteiger partial charge in [-0.2, -0.15) is 0 Å². The average molecular weight is 284 g/mol. The number of hydrogen-bond acceptors (Lipinski definition) is 3. The van der Waals surface area contributed by atoms with Crippen molar-refractivity contribution in [2.45, 2.75) is 25.9 Å². The van der Waals surface area contributed by atoms with E-state index in [1.165, 1.54) is 0 Å². The molecule has 16 heavy (non-hydrogen) atoms. The monoisotopic (exact) mass is 283 g/mol. The lowest BCUT2D eigenvalue weighted by Gasteiger charge is -2.13. The molecule has 4 nitrogen and oxygen atoms in total. The van der Waals surface area contributed by atoms with E-state index in [4.69, 9.17) is 4.42 Å². The predicted molar refractivity (Wildman–Crippen MR) is 64.9 cm³/mol. The number of hydrogen-bond donors (Lipinski definition) is 2. The van der Waals surface area contributed by atoms with Gasteiger partial charge in [0.2, 0.25) is 0 Å². The smallest absolute Gasteiger partial charge is 0.131 e. The van der Waals surface area contributed by atoms with Crippen molar-refractivity contribution in [1.82, 2.24) is 15.3 Å². The second-order valence-corrected chi connectivity index (χ2v) is 4.36. The van der Waals surface area contributed by atoms with Crippen LogP contribution in [0.1, 0.15) is 31.0 Å². The molecule has 2 aromatic rings. The highest BCUT2D eigenvalue weighted by Gasteiger charge is 2.12. The van der Waals surface area contributed by atoms with E-state index in [0.29, 0.717) is 6.54 Å². The molecule has 0 aliphatic rings. The van der Waals surface area contributed by atoms with Crippen LogP contribution in [0.15, 0.2) is 33.6 Å². The molecule has 2 N–H and O–H groups in total. The fraction of sp³-hybridized carbons (Fsp3) is 0.364. The molecule has 5 heteroatoms. The van der Waals surface area contributed by atoms with Crippen molar-refractivity contribution in [1.29, 1.82) is 0 Å². The maximum atomic E-state index is 5.34. The number of halogens is 1. The van der Waals surface area contributed by atoms with Gasteiger partial charge in [0, 0.05) is 12.4 Å². The molecule has 0 fully saturated rings. The molecule has 2 heterocycles. The summed E-state index contributed by atoms with van der Waals surface area (Å²) in [5.74, 6) is 1.87. The average Bonchev–Trinajstić information content (AvgIpc) is 2.92. The van der Waals surface area contributed by atoms with Crippen LogP contribution >= 0.6 is 15.9 Å². The van der Waals surface area contributed by atoms with Crippen LogP contribution in [-0.2, 0) is 6.54 Å². The minimum absolute atomic E-state index is 0.229. The van der Waals surface area contributed by atoms with Gasteiger partial charge in [0.1, 0.15) is 11.6 Å². The summed E-state index contributed by atoms with van der Waals surface area (Å²) < 4.78 is 6.33. The van der Waals surface area contributed by atoms with Crippen molar-refractivity contribution >= 4 is 15.9 Å². The Kier molecular flexibility index (Phi) is 3.79. The molecule has 0 amide bonds. The minimum atomic E-state index is 0.229. The summed E-state index contributed by atoms with van der Waals surface area (Å²) in [5.41, 5.74) is 0. The first-order valence-electron chi connectivity index (χ1n) is 5.25. The molecule has 0 saturated heterocycles. The standard InChI is InChI=1S/C11H14BrN3O/c1-2-9(11-13-4-5-14-11)15-7-10-8(12)3-6-16-10/h3-6,9,15H,2,7H2,1H3,(H,13,14). The van der Waals surface area contributed by atoms with Gasteiger partial charge in [0.15, 0.2) is 0 Å². The molecule has 0 bridgehead atoms. The van der Waals surface area contributed by atoms with Crippen molar-refractivity contribution < 1.29 is 4.42 Å². The molecule has 86 valence electrons. The molecule has 2 rings (SSSR count). The van der Waals surface area contributed by atoms with Crippen LogP contribution in [0.2, 0.25) is 0 Å². The SMILES string of the molecule is CCC(NCc1occc1Br)c1ncc[nH]1. The lowest BCUT2D eigenvalue weighted by Crippen LogP contribution is -2.21. The van der Waals surface area contributed by atoms with Gasteiger partial charge < -0.3 is 14.7 Å². The first-order valence-corrected chi connectivity index (χ1v) is 6.05. The Bertz CT molecular complexity index is 424. The molecule has 0 radical (unpaired) electrons. The summed E-state index contributed by atoms with van der Waals surface area (Å²) in [7, 11) is 0. The van der Waals surface area contributed by atoms with Crippen molar-refractivity contribution in [3.05, 3.63) is 40.8 Å². The molecule has 0 aromatic carbocycles. The van der Waals surface area contributed by atoms with Gasteiger partial charge in [-0.1, -0.05) is 6.92 Å². The summed E-state index contributed by atoms with van der Waals surface area (Å²) in [6.07, 6.45) is 6.26. The van der Waals surface area contributed by atoms with Gasteiger partial charge in [0.05, 0.1) is 23.3 Å². The third-order valence-corrected chi connectivity index (χ3v) is 3.16. The van der Waals surface area contributed by atoms with E-state index in [0.717, 1.165) is 22.5 Å². The van der Waals surface area contributed by atoms with Crippen LogP contribution in [0.25, 0.3) is 0 Å². The highest BCUT2D eigenvalue weighted by atomic mass is 79.9. The third kappa shape index (κ3) is 2.54. The summed E-state index contributed by atoms with van der Waals surface area (Å²) in [6.45, 7) is 2.81. The zero-order valence-corrected chi connectivity index (χ0v) is 10.6. The maximum Gasteiger partial charge on any atom is 0.131 e. The molecule has 1 unspecified atom stereocenters. The molecule has 0 saturated carbocycles. The fourth-order valence-corrected chi connectivity index (χ4v) is 1.91. The highest BCUT2D eigenvalue weighted by Crippen LogP contribution is 2.19. The summed E-state index contributed by atoms with van der Waals surface area (Å²) in [6, 6.07) is 2.12. The number of rotatable bonds is 5. The van der Waals surface area contributed by atoms with Crippen molar-refractivity contribution in [3.63, 3.8) is 0 Å². The van der Waals surface area contributed by atoms with Crippen molar-refractivity contribution in [3.8, 4) is 0 Å². The fourth-order valence-electron chi connectivity index (χ4n) is 1.57. The predicted octanol–water partition coefficient (Wildman–Crippen LogP) is 3.01. The van der Waals surface area contributed by atoms with E-state index >= 15 is 0 Å². The Morgan fingerprint density at radius 1 is 1.62 bits per heavy atom. The number of nitrogens with zero attached hydrogens (tertiary/aromatic N) is 1. The van der Waals surface area contributed by atoms with Crippen molar-refractivity contribution in [2.24, 2.45) is 0 Å². The normalized spacial score (nSPS) is 12.9. The molecule has 1 atom stereocenters. The number of nitrogens with one attached hydrogen (secondary N) is 2. The first kappa shape index (κ1) is 11.4. The molecular weight excluding hydrogens is 270 g/mol. The van der Waals surface area contributed by atoms with Gasteiger partial charge in [-0.3, -0.25) is 0 Å². The number of furan rings is 1. The van der Waals surface area contributed by atoms with Crippen LogP contribution in [0, 0.1) is 0 Å². The second kappa shape index (κ2) is 5.32. The molecule has 0 aliphatic carbocycles. The first-order chi connectivity index (χ1) is 7.81.